The van der Waals surface area contributed by atoms with E-state index in [4.69, 9.17) is 0 Å². The molecule has 1 saturated heterocycles. The van der Waals surface area contributed by atoms with E-state index in [1.807, 2.05) is 4.90 Å². The summed E-state index contributed by atoms with van der Waals surface area (Å²) < 4.78 is 37.8. The molecule has 0 aromatic heterocycles. The minimum atomic E-state index is -4.10. The Morgan fingerprint density at radius 3 is 2.32 bits per heavy atom. The number of ketones is 1. The summed E-state index contributed by atoms with van der Waals surface area (Å²) >= 11 is 0. The number of nitrogens with zero attached hydrogens (tertiary/aromatic N) is 1. The normalized spacial score (nSPS) is 17.6. The van der Waals surface area contributed by atoms with E-state index in [1.165, 1.54) is 6.92 Å². The number of Topliss-reactive ketones (excluding diaryl/α,β-unsaturated/α-hetero) is 1. The lowest BCUT2D eigenvalue weighted by Gasteiger charge is -2.35. The molecule has 0 atom stereocenters. The molecule has 0 amide bonds. The van der Waals surface area contributed by atoms with Crippen LogP contribution in [0.3, 0.4) is 0 Å². The van der Waals surface area contributed by atoms with Crippen LogP contribution in [-0.4, -0.2) is 25.0 Å². The Morgan fingerprint density at radius 2 is 1.79 bits per heavy atom. The van der Waals surface area contributed by atoms with Crippen LogP contribution in [-0.2, 0) is 0 Å². The molecule has 1 fully saturated rings. The van der Waals surface area contributed by atoms with Gasteiger partial charge in [-0.25, -0.2) is 0 Å². The Kier molecular flexibility index (Phi) is 3.83. The van der Waals surface area contributed by atoms with Crippen LogP contribution < -0.4 is 4.90 Å². The molecule has 0 unspecified atom stereocenters. The number of para-hydroxylation sites is 1. The van der Waals surface area contributed by atoms with E-state index in [9.17, 15) is 18.0 Å². The van der Waals surface area contributed by atoms with Crippen LogP contribution in [0.25, 0.3) is 0 Å². The second-order valence-corrected chi connectivity index (χ2v) is 4.88. The molecule has 19 heavy (non-hydrogen) atoms. The first-order valence-electron chi connectivity index (χ1n) is 6.31. The van der Waals surface area contributed by atoms with Gasteiger partial charge in [-0.15, -0.1) is 0 Å². The maximum absolute atomic E-state index is 12.6. The Bertz CT molecular complexity index is 462. The van der Waals surface area contributed by atoms with Crippen LogP contribution in [0.2, 0.25) is 0 Å². The summed E-state index contributed by atoms with van der Waals surface area (Å²) in [5.41, 5.74) is 1.32. The number of hydrogen-bond donors (Lipinski definition) is 0. The third-order valence-electron chi connectivity index (χ3n) is 3.58. The van der Waals surface area contributed by atoms with Gasteiger partial charge >= 0.3 is 6.18 Å². The van der Waals surface area contributed by atoms with Gasteiger partial charge in [-0.1, -0.05) is 12.1 Å². The molecular weight excluding hydrogens is 255 g/mol. The molecule has 2 rings (SSSR count). The van der Waals surface area contributed by atoms with Gasteiger partial charge in [-0.3, -0.25) is 4.79 Å². The van der Waals surface area contributed by atoms with Crippen molar-refractivity contribution in [3.05, 3.63) is 29.8 Å². The average Bonchev–Trinajstić information content (AvgIpc) is 2.38. The third kappa shape index (κ3) is 3.08. The number of piperidine rings is 1. The minimum Gasteiger partial charge on any atom is -0.371 e. The van der Waals surface area contributed by atoms with Crippen molar-refractivity contribution in [3.63, 3.8) is 0 Å². The van der Waals surface area contributed by atoms with E-state index in [0.717, 1.165) is 5.69 Å². The second-order valence-electron chi connectivity index (χ2n) is 4.88. The van der Waals surface area contributed by atoms with Crippen LogP contribution in [0, 0.1) is 5.92 Å². The standard InChI is InChI=1S/C14H16F3NO/c1-10(19)12-4-2-3-5-13(12)18-8-6-11(7-9-18)14(15,16)17/h2-5,11H,6-9H2,1H3. The SMILES string of the molecule is CC(=O)c1ccccc1N1CCC(C(F)(F)F)CC1. The van der Waals surface area contributed by atoms with Gasteiger partial charge in [0.1, 0.15) is 0 Å². The lowest BCUT2D eigenvalue weighted by atomic mass is 9.95. The summed E-state index contributed by atoms with van der Waals surface area (Å²) in [5.74, 6) is -1.28. The molecular formula is C14H16F3NO. The number of alkyl halides is 3. The highest BCUT2D eigenvalue weighted by Gasteiger charge is 2.41. The van der Waals surface area contributed by atoms with Crippen molar-refractivity contribution < 1.29 is 18.0 Å². The Labute approximate surface area is 110 Å². The Hall–Kier alpha value is -1.52. The molecule has 1 aromatic rings. The molecule has 0 spiro atoms. The van der Waals surface area contributed by atoms with E-state index in [2.05, 4.69) is 0 Å². The zero-order valence-corrected chi connectivity index (χ0v) is 10.7. The molecule has 104 valence electrons. The van der Waals surface area contributed by atoms with E-state index in [0.29, 0.717) is 18.7 Å². The van der Waals surface area contributed by atoms with Gasteiger partial charge in [-0.2, -0.15) is 13.2 Å². The summed E-state index contributed by atoms with van der Waals surface area (Å²) in [6, 6.07) is 7.08. The third-order valence-corrected chi connectivity index (χ3v) is 3.58. The fourth-order valence-corrected chi connectivity index (χ4v) is 2.49. The highest BCUT2D eigenvalue weighted by molar-refractivity contribution is 5.99. The molecule has 0 saturated carbocycles. The molecule has 0 bridgehead atoms. The highest BCUT2D eigenvalue weighted by Crippen LogP contribution is 2.36. The second kappa shape index (κ2) is 5.23. The van der Waals surface area contributed by atoms with Gasteiger partial charge in [-0.05, 0) is 31.9 Å². The van der Waals surface area contributed by atoms with Gasteiger partial charge in [0, 0.05) is 24.3 Å². The van der Waals surface area contributed by atoms with Gasteiger partial charge in [0.05, 0.1) is 5.92 Å². The monoisotopic (exact) mass is 271 g/mol. The lowest BCUT2D eigenvalue weighted by molar-refractivity contribution is -0.179. The topological polar surface area (TPSA) is 20.3 Å². The van der Waals surface area contributed by atoms with Gasteiger partial charge in [0.15, 0.2) is 5.78 Å². The van der Waals surface area contributed by atoms with E-state index >= 15 is 0 Å². The van der Waals surface area contributed by atoms with Crippen LogP contribution in [0.5, 0.6) is 0 Å². The largest absolute Gasteiger partial charge is 0.391 e. The van der Waals surface area contributed by atoms with Crippen LogP contribution in [0.4, 0.5) is 18.9 Å². The zero-order chi connectivity index (χ0) is 14.0. The van der Waals surface area contributed by atoms with Gasteiger partial charge in [0.2, 0.25) is 0 Å². The number of halogens is 3. The molecule has 1 aliphatic rings. The van der Waals surface area contributed by atoms with E-state index in [-0.39, 0.29) is 18.6 Å². The number of anilines is 1. The van der Waals surface area contributed by atoms with Crippen molar-refractivity contribution in [2.75, 3.05) is 18.0 Å². The average molecular weight is 271 g/mol. The first kappa shape index (κ1) is 13.9. The number of carbonyl (C=O) groups is 1. The number of benzene rings is 1. The predicted octanol–water partition coefficient (Wildman–Crippen LogP) is 3.67. The Balaban J connectivity index is 2.12. The summed E-state index contributed by atoms with van der Waals surface area (Å²) in [6.45, 7) is 2.16. The quantitative estimate of drug-likeness (QED) is 0.765. The fourth-order valence-electron chi connectivity index (χ4n) is 2.49. The van der Waals surface area contributed by atoms with E-state index in [1.54, 1.807) is 24.3 Å². The molecule has 1 heterocycles. The maximum Gasteiger partial charge on any atom is 0.391 e. The Morgan fingerprint density at radius 1 is 1.21 bits per heavy atom. The molecule has 2 nitrogen and oxygen atoms in total. The number of rotatable bonds is 2. The molecule has 5 heteroatoms. The first-order chi connectivity index (χ1) is 8.89. The maximum atomic E-state index is 12.6. The van der Waals surface area contributed by atoms with Crippen LogP contribution >= 0.6 is 0 Å². The smallest absolute Gasteiger partial charge is 0.371 e. The van der Waals surface area contributed by atoms with Gasteiger partial charge in [0.25, 0.3) is 0 Å². The number of carbonyl (C=O) groups excluding carboxylic acids is 1. The summed E-state index contributed by atoms with van der Waals surface area (Å²) in [7, 11) is 0. The van der Waals surface area contributed by atoms with Crippen molar-refractivity contribution in [3.8, 4) is 0 Å². The molecule has 0 radical (unpaired) electrons. The first-order valence-corrected chi connectivity index (χ1v) is 6.31. The van der Waals surface area contributed by atoms with Crippen LogP contribution in [0.15, 0.2) is 24.3 Å². The summed E-state index contributed by atoms with van der Waals surface area (Å²) in [6.07, 6.45) is -3.92. The van der Waals surface area contributed by atoms with Crippen LogP contribution in [0.1, 0.15) is 30.1 Å². The summed E-state index contributed by atoms with van der Waals surface area (Å²) in [4.78, 5) is 13.4. The fraction of sp³-hybridized carbons (Fsp3) is 0.500. The molecule has 1 aliphatic heterocycles. The molecule has 0 N–H and O–H groups in total. The zero-order valence-electron chi connectivity index (χ0n) is 10.7. The van der Waals surface area contributed by atoms with Crippen molar-refractivity contribution in [2.45, 2.75) is 25.9 Å². The predicted molar refractivity (Wildman–Crippen MR) is 67.4 cm³/mol. The highest BCUT2D eigenvalue weighted by atomic mass is 19.4. The lowest BCUT2D eigenvalue weighted by Crippen LogP contribution is -2.39. The van der Waals surface area contributed by atoms with Crippen molar-refractivity contribution in [1.29, 1.82) is 0 Å². The van der Waals surface area contributed by atoms with Crippen molar-refractivity contribution in [1.82, 2.24) is 0 Å². The molecule has 1 aromatic carbocycles. The summed E-state index contributed by atoms with van der Waals surface area (Å²) in [5, 5.41) is 0. The molecule has 0 aliphatic carbocycles. The van der Waals surface area contributed by atoms with E-state index < -0.39 is 12.1 Å². The van der Waals surface area contributed by atoms with Gasteiger partial charge < -0.3 is 4.90 Å². The van der Waals surface area contributed by atoms with Crippen molar-refractivity contribution >= 4 is 11.5 Å². The minimum absolute atomic E-state index is 0.0615. The number of hydrogen-bond acceptors (Lipinski definition) is 2. The van der Waals surface area contributed by atoms with Crippen molar-refractivity contribution in [2.24, 2.45) is 5.92 Å².